The smallest absolute Gasteiger partial charge is 0.167 e. The van der Waals surface area contributed by atoms with Crippen molar-refractivity contribution in [2.75, 3.05) is 28.2 Å². The fraction of sp³-hybridized carbons (Fsp3) is 0.571. The number of nitrogens with two attached hydrogens (primary N) is 1. The van der Waals surface area contributed by atoms with E-state index in [1.165, 1.54) is 0 Å². The Morgan fingerprint density at radius 1 is 1.25 bits per heavy atom. The van der Waals surface area contributed by atoms with Gasteiger partial charge in [0.1, 0.15) is 5.82 Å². The Bertz CT molecular complexity index is 176. The Hall–Kier alpha value is -0.970. The van der Waals surface area contributed by atoms with Crippen molar-refractivity contribution in [2.45, 2.75) is 0 Å². The van der Waals surface area contributed by atoms with Gasteiger partial charge in [-0.3, -0.25) is 0 Å². The topological polar surface area (TPSA) is 44.5 Å². The molecule has 0 aliphatic carbocycles. The lowest BCUT2D eigenvalue weighted by Gasteiger charge is -2.24. The molecule has 3 N–H and O–H groups in total. The second kappa shape index (κ2) is 4.82. The van der Waals surface area contributed by atoms with Crippen LogP contribution in [0.3, 0.4) is 0 Å². The van der Waals surface area contributed by atoms with Crippen molar-refractivity contribution >= 4 is 17.3 Å². The SMILES string of the molecule is CN(C)C(=CNC(N)=S)N(C)C. The Morgan fingerprint density at radius 3 is 1.92 bits per heavy atom. The van der Waals surface area contributed by atoms with E-state index in [4.69, 9.17) is 5.73 Å². The molecule has 0 bridgehead atoms. The molecule has 0 aromatic heterocycles. The largest absolute Gasteiger partial charge is 0.376 e. The molecule has 0 aromatic rings. The summed E-state index contributed by atoms with van der Waals surface area (Å²) in [5.41, 5.74) is 5.28. The second-order valence-electron chi connectivity index (χ2n) is 2.80. The normalized spacial score (nSPS) is 8.67. The van der Waals surface area contributed by atoms with Crippen LogP contribution in [-0.4, -0.2) is 43.1 Å². The predicted molar refractivity (Wildman–Crippen MR) is 55.4 cm³/mol. The highest BCUT2D eigenvalue weighted by atomic mass is 32.1. The van der Waals surface area contributed by atoms with Crippen molar-refractivity contribution in [2.24, 2.45) is 5.73 Å². The molecule has 4 nitrogen and oxygen atoms in total. The van der Waals surface area contributed by atoms with Crippen LogP contribution in [0.5, 0.6) is 0 Å². The molecule has 0 unspecified atom stereocenters. The first-order chi connectivity index (χ1) is 5.45. The third-order valence-electron chi connectivity index (χ3n) is 1.26. The predicted octanol–water partition coefficient (Wildman–Crippen LogP) is -0.258. The van der Waals surface area contributed by atoms with E-state index in [9.17, 15) is 0 Å². The summed E-state index contributed by atoms with van der Waals surface area (Å²) >= 11 is 4.67. The zero-order valence-electron chi connectivity index (χ0n) is 7.96. The summed E-state index contributed by atoms with van der Waals surface area (Å²) in [7, 11) is 7.81. The monoisotopic (exact) mass is 188 g/mol. The van der Waals surface area contributed by atoms with Gasteiger partial charge in [-0.15, -0.1) is 0 Å². The molecule has 12 heavy (non-hydrogen) atoms. The highest BCUT2D eigenvalue weighted by Gasteiger charge is 2.00. The molecular formula is C7H16N4S. The maximum absolute atomic E-state index is 5.28. The molecule has 0 radical (unpaired) electrons. The molecule has 0 aliphatic heterocycles. The van der Waals surface area contributed by atoms with Crippen molar-refractivity contribution in [3.05, 3.63) is 12.0 Å². The number of thiocarbonyl (C=S) groups is 1. The minimum absolute atomic E-state index is 0.274. The fourth-order valence-corrected chi connectivity index (χ4v) is 0.853. The molecule has 0 amide bonds. The van der Waals surface area contributed by atoms with Crippen molar-refractivity contribution in [1.82, 2.24) is 15.1 Å². The van der Waals surface area contributed by atoms with Gasteiger partial charge in [0.2, 0.25) is 0 Å². The van der Waals surface area contributed by atoms with E-state index in [-0.39, 0.29) is 5.11 Å². The van der Waals surface area contributed by atoms with Gasteiger partial charge in [0.25, 0.3) is 0 Å². The highest BCUT2D eigenvalue weighted by molar-refractivity contribution is 7.80. The molecule has 0 aliphatic rings. The van der Waals surface area contributed by atoms with Gasteiger partial charge in [-0.05, 0) is 12.2 Å². The van der Waals surface area contributed by atoms with Gasteiger partial charge < -0.3 is 20.9 Å². The highest BCUT2D eigenvalue weighted by Crippen LogP contribution is 1.98. The first-order valence-electron chi connectivity index (χ1n) is 3.56. The van der Waals surface area contributed by atoms with Crippen LogP contribution < -0.4 is 11.1 Å². The average molecular weight is 188 g/mol. The van der Waals surface area contributed by atoms with E-state index in [1.54, 1.807) is 6.20 Å². The van der Waals surface area contributed by atoms with E-state index >= 15 is 0 Å². The van der Waals surface area contributed by atoms with Crippen LogP contribution >= 0.6 is 12.2 Å². The van der Waals surface area contributed by atoms with Crippen LogP contribution in [0, 0.1) is 0 Å². The summed E-state index contributed by atoms with van der Waals surface area (Å²) in [4.78, 5) is 3.93. The molecule has 0 spiro atoms. The Balaban J connectivity index is 4.29. The van der Waals surface area contributed by atoms with Crippen LogP contribution in [-0.2, 0) is 0 Å². The molecule has 5 heteroatoms. The summed E-state index contributed by atoms with van der Waals surface area (Å²) in [6, 6.07) is 0. The lowest BCUT2D eigenvalue weighted by Crippen LogP contribution is -2.30. The number of nitrogens with one attached hydrogen (secondary N) is 1. The summed E-state index contributed by atoms with van der Waals surface area (Å²) in [5, 5.41) is 3.05. The molecule has 0 saturated carbocycles. The second-order valence-corrected chi connectivity index (χ2v) is 3.24. The minimum Gasteiger partial charge on any atom is -0.376 e. The van der Waals surface area contributed by atoms with Crippen LogP contribution in [0.2, 0.25) is 0 Å². The van der Waals surface area contributed by atoms with E-state index in [1.807, 2.05) is 38.0 Å². The summed E-state index contributed by atoms with van der Waals surface area (Å²) in [6.45, 7) is 0. The van der Waals surface area contributed by atoms with E-state index in [0.717, 1.165) is 5.82 Å². The van der Waals surface area contributed by atoms with Crippen LogP contribution in [0.25, 0.3) is 0 Å². The van der Waals surface area contributed by atoms with Gasteiger partial charge in [-0.2, -0.15) is 0 Å². The standard InChI is InChI=1S/C7H16N4S/c1-10(2)6(11(3)4)5-9-7(8)12/h5H,1-4H3,(H3,8,9,12). The number of hydrogen-bond donors (Lipinski definition) is 2. The van der Waals surface area contributed by atoms with Crippen molar-refractivity contribution in [3.8, 4) is 0 Å². The van der Waals surface area contributed by atoms with Gasteiger partial charge in [-0.1, -0.05) is 0 Å². The van der Waals surface area contributed by atoms with Gasteiger partial charge >= 0.3 is 0 Å². The Morgan fingerprint density at radius 2 is 1.67 bits per heavy atom. The molecule has 0 saturated heterocycles. The molecular weight excluding hydrogens is 172 g/mol. The quantitative estimate of drug-likeness (QED) is 0.598. The first-order valence-corrected chi connectivity index (χ1v) is 3.96. The van der Waals surface area contributed by atoms with Gasteiger partial charge in [-0.25, -0.2) is 0 Å². The maximum atomic E-state index is 5.28. The van der Waals surface area contributed by atoms with E-state index < -0.39 is 0 Å². The lowest BCUT2D eigenvalue weighted by atomic mass is 10.6. The van der Waals surface area contributed by atoms with E-state index in [0.29, 0.717) is 0 Å². The minimum atomic E-state index is 0.274. The lowest BCUT2D eigenvalue weighted by molar-refractivity contribution is 0.340. The molecule has 0 fully saturated rings. The zero-order chi connectivity index (χ0) is 9.72. The Labute approximate surface area is 79.0 Å². The van der Waals surface area contributed by atoms with Crippen LogP contribution in [0.1, 0.15) is 0 Å². The zero-order valence-corrected chi connectivity index (χ0v) is 8.77. The summed E-state index contributed by atoms with van der Waals surface area (Å²) in [6.07, 6.45) is 1.77. The molecule has 0 aromatic carbocycles. The van der Waals surface area contributed by atoms with Crippen LogP contribution in [0.15, 0.2) is 12.0 Å². The number of hydrogen-bond acceptors (Lipinski definition) is 3. The molecule has 0 rings (SSSR count). The van der Waals surface area contributed by atoms with Crippen LogP contribution in [0.4, 0.5) is 0 Å². The molecule has 70 valence electrons. The summed E-state index contributed by atoms with van der Waals surface area (Å²) in [5.74, 6) is 1.00. The molecule has 0 atom stereocenters. The average Bonchev–Trinajstić information content (AvgIpc) is 1.84. The fourth-order valence-electron chi connectivity index (χ4n) is 0.794. The third kappa shape index (κ3) is 4.02. The first kappa shape index (κ1) is 11.0. The van der Waals surface area contributed by atoms with Gasteiger partial charge in [0.05, 0.1) is 0 Å². The summed E-state index contributed by atoms with van der Waals surface area (Å²) < 4.78 is 0. The van der Waals surface area contributed by atoms with Gasteiger partial charge in [0, 0.05) is 34.4 Å². The van der Waals surface area contributed by atoms with E-state index in [2.05, 4.69) is 17.5 Å². The van der Waals surface area contributed by atoms with Crippen molar-refractivity contribution in [3.63, 3.8) is 0 Å². The number of nitrogens with zero attached hydrogens (tertiary/aromatic N) is 2. The number of rotatable bonds is 3. The maximum Gasteiger partial charge on any atom is 0.167 e. The molecule has 0 heterocycles. The van der Waals surface area contributed by atoms with Crippen molar-refractivity contribution < 1.29 is 0 Å². The van der Waals surface area contributed by atoms with Crippen molar-refractivity contribution in [1.29, 1.82) is 0 Å². The van der Waals surface area contributed by atoms with Gasteiger partial charge in [0.15, 0.2) is 5.11 Å². The Kier molecular flexibility index (Phi) is 4.43. The third-order valence-corrected chi connectivity index (χ3v) is 1.38.